The number of nitrogens with two attached hydrogens (primary N) is 1. The largest absolute Gasteiger partial charge is 0.393 e. The number of benzene rings is 1. The Balaban J connectivity index is 2.15. The van der Waals surface area contributed by atoms with E-state index >= 15 is 0 Å². The molecule has 0 unspecified atom stereocenters. The second-order valence-corrected chi connectivity index (χ2v) is 5.52. The van der Waals surface area contributed by atoms with Crippen molar-refractivity contribution in [3.63, 3.8) is 0 Å². The third-order valence-electron chi connectivity index (χ3n) is 3.17. The molecule has 0 aliphatic rings. The lowest BCUT2D eigenvalue weighted by atomic mass is 10.1. The molecule has 0 amide bonds. The average molecular weight is 291 g/mol. The molecule has 0 bridgehead atoms. The van der Waals surface area contributed by atoms with Crippen molar-refractivity contribution >= 4 is 22.7 Å². The van der Waals surface area contributed by atoms with E-state index in [0.717, 1.165) is 18.7 Å². The Morgan fingerprint density at radius 1 is 1.30 bits per heavy atom. The maximum absolute atomic E-state index is 10.9. The Kier molecular flexibility index (Phi) is 4.70. The quantitative estimate of drug-likeness (QED) is 0.503. The molecule has 0 fully saturated rings. The first-order valence-corrected chi connectivity index (χ1v) is 7.26. The van der Waals surface area contributed by atoms with Crippen molar-refractivity contribution in [1.29, 1.82) is 0 Å². The van der Waals surface area contributed by atoms with Crippen LogP contribution < -0.4 is 5.73 Å². The van der Waals surface area contributed by atoms with Crippen molar-refractivity contribution in [3.8, 4) is 0 Å². The van der Waals surface area contributed by atoms with Gasteiger partial charge in [-0.1, -0.05) is 25.1 Å². The summed E-state index contributed by atoms with van der Waals surface area (Å²) < 4.78 is 0. The van der Waals surface area contributed by atoms with Gasteiger partial charge >= 0.3 is 0 Å². The lowest BCUT2D eigenvalue weighted by Gasteiger charge is -2.20. The Morgan fingerprint density at radius 3 is 2.70 bits per heavy atom. The smallest absolute Gasteiger partial charge is 0.292 e. The van der Waals surface area contributed by atoms with Crippen LogP contribution in [0.4, 0.5) is 11.4 Å². The maximum atomic E-state index is 10.9. The summed E-state index contributed by atoms with van der Waals surface area (Å²) in [5.74, 6) is 0. The second kappa shape index (κ2) is 6.49. The molecule has 0 saturated carbocycles. The number of nitrogen functional groups attached to an aromatic ring is 1. The number of nitro benzene ring substituents is 1. The molecule has 2 rings (SSSR count). The predicted octanol–water partition coefficient (Wildman–Crippen LogP) is 3.26. The predicted molar refractivity (Wildman–Crippen MR) is 81.6 cm³/mol. The summed E-state index contributed by atoms with van der Waals surface area (Å²) in [5.41, 5.74) is 6.95. The molecular formula is C14H17N3O2S. The van der Waals surface area contributed by atoms with Crippen LogP contribution in [0.15, 0.2) is 35.7 Å². The fourth-order valence-electron chi connectivity index (χ4n) is 2.04. The summed E-state index contributed by atoms with van der Waals surface area (Å²) in [7, 11) is 0. The van der Waals surface area contributed by atoms with Gasteiger partial charge in [0.15, 0.2) is 0 Å². The number of hydrogen-bond acceptors (Lipinski definition) is 5. The van der Waals surface area contributed by atoms with Gasteiger partial charge in [0.1, 0.15) is 5.69 Å². The van der Waals surface area contributed by atoms with Gasteiger partial charge in [0.2, 0.25) is 0 Å². The summed E-state index contributed by atoms with van der Waals surface area (Å²) in [4.78, 5) is 13.9. The van der Waals surface area contributed by atoms with Crippen molar-refractivity contribution in [2.24, 2.45) is 0 Å². The lowest BCUT2D eigenvalue weighted by Crippen LogP contribution is -2.22. The number of para-hydroxylation sites is 1. The second-order valence-electron chi connectivity index (χ2n) is 4.49. The Labute approximate surface area is 121 Å². The molecule has 0 spiro atoms. The number of anilines is 1. The zero-order chi connectivity index (χ0) is 14.5. The van der Waals surface area contributed by atoms with Crippen molar-refractivity contribution in [2.45, 2.75) is 20.0 Å². The highest BCUT2D eigenvalue weighted by atomic mass is 32.1. The van der Waals surface area contributed by atoms with Gasteiger partial charge in [-0.3, -0.25) is 15.0 Å². The zero-order valence-corrected chi connectivity index (χ0v) is 12.1. The minimum atomic E-state index is -0.436. The summed E-state index contributed by atoms with van der Waals surface area (Å²) in [6, 6.07) is 9.08. The molecular weight excluding hydrogens is 274 g/mol. The Hall–Kier alpha value is -1.92. The van der Waals surface area contributed by atoms with Crippen molar-refractivity contribution in [2.75, 3.05) is 12.3 Å². The summed E-state index contributed by atoms with van der Waals surface area (Å²) in [5, 5.41) is 12.9. The van der Waals surface area contributed by atoms with Crippen molar-refractivity contribution in [3.05, 3.63) is 56.3 Å². The van der Waals surface area contributed by atoms with Crippen LogP contribution >= 0.6 is 11.3 Å². The van der Waals surface area contributed by atoms with Gasteiger partial charge in [-0.05, 0) is 23.6 Å². The van der Waals surface area contributed by atoms with E-state index in [0.29, 0.717) is 6.54 Å². The highest BCUT2D eigenvalue weighted by molar-refractivity contribution is 7.09. The molecule has 6 heteroatoms. The molecule has 0 aliphatic carbocycles. The van der Waals surface area contributed by atoms with Crippen LogP contribution in [0.2, 0.25) is 0 Å². The minimum absolute atomic E-state index is 0.0188. The number of thiophene rings is 1. The molecule has 106 valence electrons. The third-order valence-corrected chi connectivity index (χ3v) is 4.03. The van der Waals surface area contributed by atoms with Gasteiger partial charge in [-0.15, -0.1) is 11.3 Å². The monoisotopic (exact) mass is 291 g/mol. The fraction of sp³-hybridized carbons (Fsp3) is 0.286. The number of rotatable bonds is 6. The fourth-order valence-corrected chi connectivity index (χ4v) is 2.79. The van der Waals surface area contributed by atoms with Crippen LogP contribution in [0, 0.1) is 10.1 Å². The Bertz CT molecular complexity index is 584. The average Bonchev–Trinajstić information content (AvgIpc) is 2.92. The van der Waals surface area contributed by atoms with Crippen LogP contribution in [-0.4, -0.2) is 16.4 Å². The number of nitro groups is 1. The van der Waals surface area contributed by atoms with E-state index in [4.69, 9.17) is 5.73 Å². The molecule has 0 atom stereocenters. The van der Waals surface area contributed by atoms with Crippen molar-refractivity contribution < 1.29 is 4.92 Å². The molecule has 2 N–H and O–H groups in total. The van der Waals surface area contributed by atoms with Crippen LogP contribution in [0.5, 0.6) is 0 Å². The molecule has 2 aromatic rings. The number of hydrogen-bond donors (Lipinski definition) is 1. The van der Waals surface area contributed by atoms with E-state index in [-0.39, 0.29) is 11.4 Å². The van der Waals surface area contributed by atoms with Gasteiger partial charge in [0.05, 0.1) is 4.92 Å². The normalized spacial score (nSPS) is 10.9. The van der Waals surface area contributed by atoms with Crippen LogP contribution in [-0.2, 0) is 13.1 Å². The van der Waals surface area contributed by atoms with E-state index in [1.54, 1.807) is 17.4 Å². The van der Waals surface area contributed by atoms with Crippen molar-refractivity contribution in [1.82, 2.24) is 4.90 Å². The van der Waals surface area contributed by atoms with Gasteiger partial charge in [0, 0.05) is 24.0 Å². The van der Waals surface area contributed by atoms with Gasteiger partial charge < -0.3 is 5.73 Å². The molecule has 5 nitrogen and oxygen atoms in total. The topological polar surface area (TPSA) is 72.4 Å². The zero-order valence-electron chi connectivity index (χ0n) is 11.3. The van der Waals surface area contributed by atoms with Gasteiger partial charge in [0.25, 0.3) is 5.69 Å². The van der Waals surface area contributed by atoms with E-state index in [1.165, 1.54) is 10.9 Å². The van der Waals surface area contributed by atoms with E-state index in [2.05, 4.69) is 17.9 Å². The minimum Gasteiger partial charge on any atom is -0.393 e. The highest BCUT2D eigenvalue weighted by Crippen LogP contribution is 2.26. The maximum Gasteiger partial charge on any atom is 0.292 e. The summed E-state index contributed by atoms with van der Waals surface area (Å²) in [6.45, 7) is 4.37. The molecule has 1 aromatic heterocycles. The van der Waals surface area contributed by atoms with Crippen LogP contribution in [0.1, 0.15) is 17.4 Å². The Morgan fingerprint density at radius 2 is 2.10 bits per heavy atom. The van der Waals surface area contributed by atoms with E-state index < -0.39 is 4.92 Å². The molecule has 1 aromatic carbocycles. The van der Waals surface area contributed by atoms with E-state index in [9.17, 15) is 10.1 Å². The SMILES string of the molecule is CCN(Cc1cccs1)Cc1cccc([N+](=O)[O-])c1N. The first-order valence-electron chi connectivity index (χ1n) is 6.38. The van der Waals surface area contributed by atoms with Gasteiger partial charge in [-0.2, -0.15) is 0 Å². The third kappa shape index (κ3) is 3.34. The molecule has 0 aliphatic heterocycles. The van der Waals surface area contributed by atoms with Gasteiger partial charge in [-0.25, -0.2) is 0 Å². The standard InChI is InChI=1S/C14H17N3O2S/c1-2-16(10-12-6-4-8-20-12)9-11-5-3-7-13(14(11)15)17(18)19/h3-8H,2,9-10,15H2,1H3. The summed E-state index contributed by atoms with van der Waals surface area (Å²) >= 11 is 1.71. The molecule has 1 heterocycles. The van der Waals surface area contributed by atoms with Crippen LogP contribution in [0.3, 0.4) is 0 Å². The molecule has 20 heavy (non-hydrogen) atoms. The van der Waals surface area contributed by atoms with E-state index in [1.807, 2.05) is 17.5 Å². The first-order chi connectivity index (χ1) is 9.61. The lowest BCUT2D eigenvalue weighted by molar-refractivity contribution is -0.384. The van der Waals surface area contributed by atoms with Crippen LogP contribution in [0.25, 0.3) is 0 Å². The first kappa shape index (κ1) is 14.5. The molecule has 0 radical (unpaired) electrons. The molecule has 0 saturated heterocycles. The summed E-state index contributed by atoms with van der Waals surface area (Å²) in [6.07, 6.45) is 0. The highest BCUT2D eigenvalue weighted by Gasteiger charge is 2.16. The number of nitrogens with zero attached hydrogens (tertiary/aromatic N) is 2.